The third kappa shape index (κ3) is 5.30. The first-order valence-corrected chi connectivity index (χ1v) is 13.4. The Labute approximate surface area is 207 Å². The lowest BCUT2D eigenvalue weighted by Crippen LogP contribution is -2.50. The average Bonchev–Trinajstić information content (AvgIpc) is 3.50. The van der Waals surface area contributed by atoms with Gasteiger partial charge in [0.15, 0.2) is 0 Å². The summed E-state index contributed by atoms with van der Waals surface area (Å²) in [6, 6.07) is 16.4. The van der Waals surface area contributed by atoms with Gasteiger partial charge in [0.25, 0.3) is 0 Å². The maximum Gasteiger partial charge on any atom is 0.407 e. The molecule has 7 nitrogen and oxygen atoms in total. The first kappa shape index (κ1) is 24.7. The van der Waals surface area contributed by atoms with E-state index >= 15 is 0 Å². The van der Waals surface area contributed by atoms with Crippen LogP contribution in [0, 0.1) is 11.3 Å². The van der Waals surface area contributed by atoms with Crippen LogP contribution in [-0.2, 0) is 14.3 Å². The molecule has 2 aromatic rings. The van der Waals surface area contributed by atoms with Crippen LogP contribution in [0.4, 0.5) is 4.79 Å². The van der Waals surface area contributed by atoms with Crippen LogP contribution in [-0.4, -0.2) is 52.8 Å². The van der Waals surface area contributed by atoms with E-state index in [1.807, 2.05) is 36.4 Å². The number of carbonyl (C=O) groups is 3. The number of benzene rings is 2. The number of nitrogens with one attached hydrogen (secondary N) is 2. The smallest absolute Gasteiger partial charge is 0.407 e. The Morgan fingerprint density at radius 2 is 1.54 bits per heavy atom. The molecule has 8 heteroatoms. The molecule has 0 unspecified atom stereocenters. The third-order valence-electron chi connectivity index (χ3n) is 6.47. The average molecular weight is 492 g/mol. The Morgan fingerprint density at radius 1 is 0.971 bits per heavy atom. The second-order valence-electron chi connectivity index (χ2n) is 8.84. The van der Waals surface area contributed by atoms with E-state index in [0.29, 0.717) is 0 Å². The molecule has 0 saturated carbocycles. The monoisotopic (exact) mass is 491 g/mol. The summed E-state index contributed by atoms with van der Waals surface area (Å²) in [6.45, 7) is 3.24. The zero-order chi connectivity index (χ0) is 24.9. The number of alkyl carbamates (subject to hydrolysis) is 1. The Morgan fingerprint density at radius 3 is 2.11 bits per heavy atom. The minimum Gasteiger partial charge on any atom is -0.449 e. The van der Waals surface area contributed by atoms with Crippen molar-refractivity contribution in [3.8, 4) is 17.2 Å². The molecule has 1 aliphatic heterocycles. The maximum absolute atomic E-state index is 12.7. The van der Waals surface area contributed by atoms with E-state index in [2.05, 4.69) is 28.8 Å². The molecule has 2 aromatic carbocycles. The Bertz CT molecular complexity index is 1180. The van der Waals surface area contributed by atoms with Crippen molar-refractivity contribution in [2.75, 3.05) is 18.1 Å². The molecule has 0 bridgehead atoms. The summed E-state index contributed by atoms with van der Waals surface area (Å²) in [5, 5.41) is 14.6. The molecule has 35 heavy (non-hydrogen) atoms. The molecule has 2 amide bonds. The van der Waals surface area contributed by atoms with E-state index in [9.17, 15) is 19.6 Å². The molecule has 0 aromatic heterocycles. The zero-order valence-corrected chi connectivity index (χ0v) is 20.7. The number of fused-ring (bicyclic) bond motifs is 3. The van der Waals surface area contributed by atoms with Gasteiger partial charge < -0.3 is 15.4 Å². The normalized spacial score (nSPS) is 16.4. The number of ketones is 1. The van der Waals surface area contributed by atoms with E-state index in [1.54, 1.807) is 6.92 Å². The molecule has 1 heterocycles. The van der Waals surface area contributed by atoms with Crippen LogP contribution in [0.25, 0.3) is 11.1 Å². The van der Waals surface area contributed by atoms with E-state index < -0.39 is 24.1 Å². The van der Waals surface area contributed by atoms with Crippen LogP contribution in [0.15, 0.2) is 48.5 Å². The van der Waals surface area contributed by atoms with Gasteiger partial charge in [-0.15, -0.1) is 0 Å². The van der Waals surface area contributed by atoms with E-state index in [-0.39, 0.29) is 33.7 Å². The molecule has 0 radical (unpaired) electrons. The SMILES string of the molecule is C[C@H](NC(=O)[C@@H](C)NC(=O)OCC1c2ccccc2-c2ccccc21)C(=O)C(C#N)=S1CCCC1. The highest BCUT2D eigenvalue weighted by atomic mass is 32.2. The standard InChI is InChI=1S/C27H29N3O4S/c1-17(25(31)24(15-28)35-13-7-8-14-35)29-26(32)18(2)30-27(33)34-16-23-21-11-5-3-9-19(21)20-10-4-6-12-22(20)23/h3-6,9-12,17-18,23H,7-8,13-14,16H2,1-2H3,(H,29,32)(H,30,33)/t17-,18+/m0/s1. The van der Waals surface area contributed by atoms with Crippen molar-refractivity contribution in [3.05, 3.63) is 59.7 Å². The van der Waals surface area contributed by atoms with Crippen molar-refractivity contribution < 1.29 is 19.1 Å². The van der Waals surface area contributed by atoms with Gasteiger partial charge in [0, 0.05) is 5.92 Å². The van der Waals surface area contributed by atoms with Crippen molar-refractivity contribution >= 4 is 33.1 Å². The van der Waals surface area contributed by atoms with Crippen LogP contribution in [0.2, 0.25) is 0 Å². The number of carbonyl (C=O) groups excluding carboxylic acids is 3. The van der Waals surface area contributed by atoms with Crippen LogP contribution in [0.1, 0.15) is 43.7 Å². The van der Waals surface area contributed by atoms with Gasteiger partial charge in [0.1, 0.15) is 23.6 Å². The highest BCUT2D eigenvalue weighted by Crippen LogP contribution is 2.44. The number of ether oxygens (including phenoxy) is 1. The molecule has 0 spiro atoms. The summed E-state index contributed by atoms with van der Waals surface area (Å²) in [5.74, 6) is 0.779. The summed E-state index contributed by atoms with van der Waals surface area (Å²) in [4.78, 5) is 38.0. The summed E-state index contributed by atoms with van der Waals surface area (Å²) in [7, 11) is -0.321. The van der Waals surface area contributed by atoms with Gasteiger partial charge in [-0.1, -0.05) is 48.5 Å². The van der Waals surface area contributed by atoms with Crippen molar-refractivity contribution in [3.63, 3.8) is 0 Å². The second kappa shape index (κ2) is 10.9. The Kier molecular flexibility index (Phi) is 7.67. The predicted molar refractivity (Wildman–Crippen MR) is 137 cm³/mol. The van der Waals surface area contributed by atoms with Crippen LogP contribution >= 0.6 is 10.5 Å². The Hall–Kier alpha value is -3.44. The molecule has 1 aliphatic carbocycles. The molecule has 2 aliphatic rings. The fraction of sp³-hybridized carbons (Fsp3) is 0.370. The number of Topliss-reactive ketones (excluding diaryl/α,β-unsaturated/α-hetero) is 1. The van der Waals surface area contributed by atoms with E-state index in [0.717, 1.165) is 46.6 Å². The second-order valence-corrected chi connectivity index (χ2v) is 11.0. The summed E-state index contributed by atoms with van der Waals surface area (Å²) in [6.07, 6.45) is 1.33. The molecule has 1 fully saturated rings. The highest BCUT2D eigenvalue weighted by molar-refractivity contribution is 8.17. The van der Waals surface area contributed by atoms with Crippen LogP contribution < -0.4 is 10.6 Å². The largest absolute Gasteiger partial charge is 0.449 e. The van der Waals surface area contributed by atoms with Gasteiger partial charge in [0.05, 0.1) is 6.04 Å². The maximum atomic E-state index is 12.7. The van der Waals surface area contributed by atoms with Gasteiger partial charge in [-0.2, -0.15) is 15.7 Å². The lowest BCUT2D eigenvalue weighted by atomic mass is 9.98. The molecule has 2 atom stereocenters. The number of rotatable bonds is 7. The molecule has 1 saturated heterocycles. The molecule has 2 N–H and O–H groups in total. The molecule has 4 rings (SSSR count). The van der Waals surface area contributed by atoms with Crippen LogP contribution in [0.5, 0.6) is 0 Å². The van der Waals surface area contributed by atoms with Crippen LogP contribution in [0.3, 0.4) is 0 Å². The highest BCUT2D eigenvalue weighted by Gasteiger charge is 2.30. The van der Waals surface area contributed by atoms with Gasteiger partial charge in [-0.25, -0.2) is 4.79 Å². The van der Waals surface area contributed by atoms with Crippen molar-refractivity contribution in [1.82, 2.24) is 10.6 Å². The minimum atomic E-state index is -0.902. The Balaban J connectivity index is 1.32. The van der Waals surface area contributed by atoms with E-state index in [4.69, 9.17) is 4.74 Å². The topological polar surface area (TPSA) is 108 Å². The summed E-state index contributed by atoms with van der Waals surface area (Å²) < 4.78 is 5.49. The minimum absolute atomic E-state index is 0.0775. The summed E-state index contributed by atoms with van der Waals surface area (Å²) >= 11 is 0. The number of amides is 2. The lowest BCUT2D eigenvalue weighted by Gasteiger charge is -2.19. The zero-order valence-electron chi connectivity index (χ0n) is 19.9. The fourth-order valence-corrected chi connectivity index (χ4v) is 6.91. The van der Waals surface area contributed by atoms with Gasteiger partial charge in [0.2, 0.25) is 11.7 Å². The molecular weight excluding hydrogens is 462 g/mol. The predicted octanol–water partition coefficient (Wildman–Crippen LogP) is 3.75. The third-order valence-corrected chi connectivity index (χ3v) is 8.90. The molecular formula is C27H29N3O4S. The fourth-order valence-electron chi connectivity index (χ4n) is 4.60. The van der Waals surface area contributed by atoms with Gasteiger partial charge in [-0.05, 0) is 60.4 Å². The number of hydrogen-bond acceptors (Lipinski definition) is 5. The van der Waals surface area contributed by atoms with Crippen molar-refractivity contribution in [2.24, 2.45) is 0 Å². The number of hydrogen-bond donors (Lipinski definition) is 2. The van der Waals surface area contributed by atoms with Crippen molar-refractivity contribution in [1.29, 1.82) is 5.26 Å². The van der Waals surface area contributed by atoms with Crippen molar-refractivity contribution in [2.45, 2.75) is 44.7 Å². The van der Waals surface area contributed by atoms with Gasteiger partial charge >= 0.3 is 6.09 Å². The molecule has 182 valence electrons. The lowest BCUT2D eigenvalue weighted by molar-refractivity contribution is -0.126. The number of nitriles is 1. The van der Waals surface area contributed by atoms with Gasteiger partial charge in [-0.3, -0.25) is 9.59 Å². The first-order valence-electron chi connectivity index (χ1n) is 11.8. The first-order chi connectivity index (χ1) is 16.9. The quantitative estimate of drug-likeness (QED) is 0.574. The number of nitrogens with zero attached hydrogens (tertiary/aromatic N) is 1. The summed E-state index contributed by atoms with van der Waals surface area (Å²) in [5.41, 5.74) is 4.48. The van der Waals surface area contributed by atoms with E-state index in [1.165, 1.54) is 6.92 Å².